The van der Waals surface area contributed by atoms with Crippen LogP contribution in [-0.4, -0.2) is 50.6 Å². The molecule has 2 aromatic heterocycles. The molecule has 0 saturated carbocycles. The van der Waals surface area contributed by atoms with Gasteiger partial charge in [-0.25, -0.2) is 4.98 Å². The van der Waals surface area contributed by atoms with Crippen molar-refractivity contribution in [2.45, 2.75) is 51.5 Å². The van der Waals surface area contributed by atoms with Crippen LogP contribution in [-0.2, 0) is 13.0 Å². The minimum Gasteiger partial charge on any atom is -0.382 e. The van der Waals surface area contributed by atoms with Crippen molar-refractivity contribution in [1.29, 1.82) is 0 Å². The van der Waals surface area contributed by atoms with E-state index in [0.717, 1.165) is 38.0 Å². The van der Waals surface area contributed by atoms with Crippen LogP contribution in [0.25, 0.3) is 11.2 Å². The van der Waals surface area contributed by atoms with Crippen molar-refractivity contribution in [3.8, 4) is 0 Å². The fourth-order valence-corrected chi connectivity index (χ4v) is 4.15. The van der Waals surface area contributed by atoms with E-state index in [1.807, 2.05) is 12.4 Å². The lowest BCUT2D eigenvalue weighted by molar-refractivity contribution is 0.223. The number of hydrogen-bond acceptors (Lipinski definition) is 6. The van der Waals surface area contributed by atoms with Gasteiger partial charge in [-0.2, -0.15) is 9.97 Å². The Labute approximate surface area is 178 Å². The molecular weight excluding hydrogens is 374 g/mol. The summed E-state index contributed by atoms with van der Waals surface area (Å²) in [5.74, 6) is 1.03. The van der Waals surface area contributed by atoms with Crippen molar-refractivity contribution in [1.82, 2.24) is 24.4 Å². The summed E-state index contributed by atoms with van der Waals surface area (Å²) in [6.07, 6.45) is 10.3. The molecule has 30 heavy (non-hydrogen) atoms. The Hall–Kier alpha value is -2.67. The molecule has 3 N–H and O–H groups in total. The fourth-order valence-electron chi connectivity index (χ4n) is 4.15. The van der Waals surface area contributed by atoms with Gasteiger partial charge in [0, 0.05) is 13.1 Å². The number of piperidine rings is 1. The zero-order valence-corrected chi connectivity index (χ0v) is 17.8. The van der Waals surface area contributed by atoms with Crippen LogP contribution < -0.4 is 11.1 Å². The molecule has 3 heterocycles. The highest BCUT2D eigenvalue weighted by Crippen LogP contribution is 2.19. The van der Waals surface area contributed by atoms with E-state index < -0.39 is 0 Å². The van der Waals surface area contributed by atoms with Crippen LogP contribution in [0.2, 0.25) is 0 Å². The van der Waals surface area contributed by atoms with Gasteiger partial charge in [0.25, 0.3) is 0 Å². The Bertz CT molecular complexity index is 916. The molecule has 7 heteroatoms. The summed E-state index contributed by atoms with van der Waals surface area (Å²) in [5, 5.41) is 3.33. The van der Waals surface area contributed by atoms with Crippen LogP contribution in [0.5, 0.6) is 0 Å². The van der Waals surface area contributed by atoms with Crippen molar-refractivity contribution in [2.75, 3.05) is 37.2 Å². The monoisotopic (exact) mass is 407 g/mol. The number of nitrogens with one attached hydrogen (secondary N) is 1. The van der Waals surface area contributed by atoms with Gasteiger partial charge in [-0.15, -0.1) is 0 Å². The molecule has 0 unspecified atom stereocenters. The lowest BCUT2D eigenvalue weighted by atomic mass is 10.1. The van der Waals surface area contributed by atoms with Crippen molar-refractivity contribution in [3.05, 3.63) is 42.2 Å². The van der Waals surface area contributed by atoms with Gasteiger partial charge < -0.3 is 20.5 Å². The topological polar surface area (TPSA) is 84.9 Å². The zero-order valence-electron chi connectivity index (χ0n) is 17.8. The first-order valence-corrected chi connectivity index (χ1v) is 11.3. The van der Waals surface area contributed by atoms with Crippen molar-refractivity contribution >= 4 is 22.9 Å². The summed E-state index contributed by atoms with van der Waals surface area (Å²) in [6, 6.07) is 10.5. The third kappa shape index (κ3) is 5.48. The summed E-state index contributed by atoms with van der Waals surface area (Å²) < 4.78 is 2.11. The summed E-state index contributed by atoms with van der Waals surface area (Å²) >= 11 is 0. The van der Waals surface area contributed by atoms with E-state index in [-0.39, 0.29) is 0 Å². The van der Waals surface area contributed by atoms with Crippen molar-refractivity contribution < 1.29 is 0 Å². The summed E-state index contributed by atoms with van der Waals surface area (Å²) in [6.45, 7) is 5.43. The SMILES string of the molecule is Nc1nc(NCCCc2ccccc2)nc2c1ncn2CCCCN1CCCCC1. The Morgan fingerprint density at radius 3 is 2.57 bits per heavy atom. The van der Waals surface area contributed by atoms with E-state index in [1.54, 1.807) is 0 Å². The molecule has 0 radical (unpaired) electrons. The number of imidazole rings is 1. The number of anilines is 2. The van der Waals surface area contributed by atoms with Crippen LogP contribution in [0.3, 0.4) is 0 Å². The highest BCUT2D eigenvalue weighted by Gasteiger charge is 2.12. The number of nitrogen functional groups attached to an aromatic ring is 1. The van der Waals surface area contributed by atoms with Crippen molar-refractivity contribution in [3.63, 3.8) is 0 Å². The maximum Gasteiger partial charge on any atom is 0.226 e. The maximum absolute atomic E-state index is 6.14. The van der Waals surface area contributed by atoms with Crippen LogP contribution in [0.4, 0.5) is 11.8 Å². The molecule has 1 aromatic carbocycles. The first kappa shape index (κ1) is 20.6. The van der Waals surface area contributed by atoms with Gasteiger partial charge in [-0.05, 0) is 63.7 Å². The molecule has 4 rings (SSSR count). The highest BCUT2D eigenvalue weighted by atomic mass is 15.2. The minimum absolute atomic E-state index is 0.442. The Balaban J connectivity index is 1.29. The first-order valence-electron chi connectivity index (χ1n) is 11.3. The van der Waals surface area contributed by atoms with Crippen molar-refractivity contribution in [2.24, 2.45) is 0 Å². The maximum atomic E-state index is 6.14. The van der Waals surface area contributed by atoms with Gasteiger partial charge in [0.15, 0.2) is 11.5 Å². The Morgan fingerprint density at radius 2 is 1.73 bits per heavy atom. The molecule has 1 saturated heterocycles. The molecule has 160 valence electrons. The number of unbranched alkanes of at least 4 members (excludes halogenated alkanes) is 1. The average Bonchev–Trinajstić information content (AvgIpc) is 3.19. The number of aryl methyl sites for hydroxylation is 2. The summed E-state index contributed by atoms with van der Waals surface area (Å²) in [7, 11) is 0. The van der Waals surface area contributed by atoms with E-state index in [1.165, 1.54) is 50.9 Å². The summed E-state index contributed by atoms with van der Waals surface area (Å²) in [5.41, 5.74) is 9.01. The second-order valence-corrected chi connectivity index (χ2v) is 8.17. The van der Waals surface area contributed by atoms with E-state index in [2.05, 4.69) is 49.0 Å². The molecule has 0 bridgehead atoms. The van der Waals surface area contributed by atoms with Gasteiger partial charge >= 0.3 is 0 Å². The molecule has 0 spiro atoms. The Kier molecular flexibility index (Phi) is 7.13. The van der Waals surface area contributed by atoms with E-state index in [9.17, 15) is 0 Å². The highest BCUT2D eigenvalue weighted by molar-refractivity contribution is 5.82. The number of likely N-dealkylation sites (tertiary alicyclic amines) is 1. The molecular formula is C23H33N7. The molecule has 1 aliphatic heterocycles. The number of nitrogens with zero attached hydrogens (tertiary/aromatic N) is 5. The van der Waals surface area contributed by atoms with Gasteiger partial charge in [0.05, 0.1) is 6.33 Å². The number of hydrogen-bond donors (Lipinski definition) is 2. The van der Waals surface area contributed by atoms with Crippen LogP contribution in [0.15, 0.2) is 36.7 Å². The molecule has 0 amide bonds. The molecule has 7 nitrogen and oxygen atoms in total. The van der Waals surface area contributed by atoms with Gasteiger partial charge in [0.2, 0.25) is 5.95 Å². The number of nitrogens with two attached hydrogens (primary N) is 1. The van der Waals surface area contributed by atoms with Crippen LogP contribution >= 0.6 is 0 Å². The average molecular weight is 408 g/mol. The number of aromatic nitrogens is 4. The quantitative estimate of drug-likeness (QED) is 0.498. The molecule has 0 aliphatic carbocycles. The lowest BCUT2D eigenvalue weighted by Gasteiger charge is -2.26. The number of rotatable bonds is 10. The fraction of sp³-hybridized carbons (Fsp3) is 0.522. The van der Waals surface area contributed by atoms with Crippen LogP contribution in [0.1, 0.15) is 44.1 Å². The zero-order chi connectivity index (χ0) is 20.6. The molecule has 1 fully saturated rings. The molecule has 3 aromatic rings. The second-order valence-electron chi connectivity index (χ2n) is 8.17. The van der Waals surface area contributed by atoms with E-state index in [0.29, 0.717) is 17.3 Å². The normalized spacial score (nSPS) is 14.9. The molecule has 1 aliphatic rings. The molecule has 0 atom stereocenters. The predicted molar refractivity (Wildman–Crippen MR) is 123 cm³/mol. The number of fused-ring (bicyclic) bond motifs is 1. The smallest absolute Gasteiger partial charge is 0.226 e. The lowest BCUT2D eigenvalue weighted by Crippen LogP contribution is -2.30. The van der Waals surface area contributed by atoms with Gasteiger partial charge in [0.1, 0.15) is 5.52 Å². The minimum atomic E-state index is 0.442. The van der Waals surface area contributed by atoms with E-state index >= 15 is 0 Å². The third-order valence-corrected chi connectivity index (χ3v) is 5.83. The van der Waals surface area contributed by atoms with E-state index in [4.69, 9.17) is 10.7 Å². The van der Waals surface area contributed by atoms with Crippen LogP contribution in [0, 0.1) is 0 Å². The standard InChI is InChI=1S/C23H33N7/c24-21-20-22(28-23(27-21)25-13-9-12-19-10-3-1-4-11-19)30(18-26-20)17-8-7-16-29-14-5-2-6-15-29/h1,3-4,10-11,18H,2,5-9,12-17H2,(H3,24,25,27,28). The van der Waals surface area contributed by atoms with Gasteiger partial charge in [-0.1, -0.05) is 36.8 Å². The first-order chi connectivity index (χ1) is 14.8. The van der Waals surface area contributed by atoms with Gasteiger partial charge in [-0.3, -0.25) is 0 Å². The largest absolute Gasteiger partial charge is 0.382 e. The third-order valence-electron chi connectivity index (χ3n) is 5.83. The Morgan fingerprint density at radius 1 is 0.933 bits per heavy atom. The summed E-state index contributed by atoms with van der Waals surface area (Å²) in [4.78, 5) is 16.1. The second kappa shape index (κ2) is 10.4. The predicted octanol–water partition coefficient (Wildman–Crippen LogP) is 3.72. The number of benzene rings is 1.